The first-order valence-corrected chi connectivity index (χ1v) is 11.1. The largest absolute Gasteiger partial charge is 0.383 e. The number of pyridine rings is 1. The maximum absolute atomic E-state index is 14.2. The van der Waals surface area contributed by atoms with Crippen LogP contribution in [0.25, 0.3) is 5.57 Å². The fourth-order valence-electron chi connectivity index (χ4n) is 4.19. The number of anilines is 2. The van der Waals surface area contributed by atoms with Gasteiger partial charge in [-0.05, 0) is 55.1 Å². The SMILES string of the molecule is N=N/N=C(\Nc1cccc(F)c1F)c1cc(C2=CCN(C(=O)C[C@@H]3CCCN3)CC2)cnc1N. The summed E-state index contributed by atoms with van der Waals surface area (Å²) in [6, 6.07) is 5.65. The zero-order valence-electron chi connectivity index (χ0n) is 18.5. The second kappa shape index (κ2) is 10.5. The number of nitrogen functional groups attached to an aromatic ring is 1. The van der Waals surface area contributed by atoms with Crippen LogP contribution < -0.4 is 16.4 Å². The van der Waals surface area contributed by atoms with Crippen molar-refractivity contribution in [2.24, 2.45) is 10.3 Å². The Bertz CT molecular complexity index is 1140. The first kappa shape index (κ1) is 23.4. The molecule has 0 aliphatic carbocycles. The Morgan fingerprint density at radius 3 is 2.94 bits per heavy atom. The van der Waals surface area contributed by atoms with E-state index in [1.54, 1.807) is 12.3 Å². The molecule has 0 spiro atoms. The molecule has 1 aromatic heterocycles. The van der Waals surface area contributed by atoms with E-state index in [0.29, 0.717) is 31.5 Å². The van der Waals surface area contributed by atoms with Crippen LogP contribution in [0.4, 0.5) is 20.3 Å². The molecule has 2 aliphatic rings. The number of nitrogens with zero attached hydrogens (tertiary/aromatic N) is 4. The fourth-order valence-corrected chi connectivity index (χ4v) is 4.19. The molecule has 3 heterocycles. The van der Waals surface area contributed by atoms with Crippen LogP contribution in [0, 0.1) is 17.2 Å². The first-order valence-electron chi connectivity index (χ1n) is 11.1. The van der Waals surface area contributed by atoms with Gasteiger partial charge in [0, 0.05) is 31.7 Å². The van der Waals surface area contributed by atoms with Gasteiger partial charge in [0.2, 0.25) is 5.91 Å². The van der Waals surface area contributed by atoms with Crippen molar-refractivity contribution >= 4 is 28.8 Å². The number of rotatable bonds is 6. The lowest BCUT2D eigenvalue weighted by Crippen LogP contribution is -2.38. The summed E-state index contributed by atoms with van der Waals surface area (Å²) < 4.78 is 27.8. The van der Waals surface area contributed by atoms with E-state index in [4.69, 9.17) is 11.3 Å². The van der Waals surface area contributed by atoms with E-state index in [9.17, 15) is 13.6 Å². The quantitative estimate of drug-likeness (QED) is 0.223. The number of nitrogens with two attached hydrogens (primary N) is 1. The molecule has 1 saturated heterocycles. The number of nitrogens with one attached hydrogen (secondary N) is 3. The van der Waals surface area contributed by atoms with Gasteiger partial charge in [0.1, 0.15) is 5.82 Å². The highest BCUT2D eigenvalue weighted by Gasteiger charge is 2.24. The van der Waals surface area contributed by atoms with Crippen molar-refractivity contribution in [3.8, 4) is 0 Å². The first-order chi connectivity index (χ1) is 16.5. The molecular weight excluding hydrogens is 442 g/mol. The molecule has 1 atom stereocenters. The Balaban J connectivity index is 1.52. The molecule has 1 amide bonds. The highest BCUT2D eigenvalue weighted by molar-refractivity contribution is 6.11. The molecular formula is C23H26F2N8O. The zero-order valence-corrected chi connectivity index (χ0v) is 18.5. The number of benzene rings is 1. The highest BCUT2D eigenvalue weighted by Crippen LogP contribution is 2.26. The number of aromatic nitrogens is 1. The van der Waals surface area contributed by atoms with Crippen molar-refractivity contribution in [1.82, 2.24) is 15.2 Å². The van der Waals surface area contributed by atoms with Crippen LogP contribution in [-0.2, 0) is 4.79 Å². The van der Waals surface area contributed by atoms with Crippen LogP contribution in [0.1, 0.15) is 36.8 Å². The third kappa shape index (κ3) is 5.25. The van der Waals surface area contributed by atoms with Gasteiger partial charge in [-0.1, -0.05) is 17.4 Å². The van der Waals surface area contributed by atoms with Crippen molar-refractivity contribution < 1.29 is 13.6 Å². The summed E-state index contributed by atoms with van der Waals surface area (Å²) >= 11 is 0. The van der Waals surface area contributed by atoms with E-state index in [1.807, 2.05) is 11.0 Å². The topological polar surface area (TPSA) is 132 Å². The Morgan fingerprint density at radius 2 is 2.24 bits per heavy atom. The van der Waals surface area contributed by atoms with Crippen LogP contribution in [-0.4, -0.2) is 47.3 Å². The smallest absolute Gasteiger partial charge is 0.224 e. The molecule has 0 saturated carbocycles. The number of amides is 1. The molecule has 2 aliphatic heterocycles. The molecule has 0 bridgehead atoms. The van der Waals surface area contributed by atoms with E-state index in [-0.39, 0.29) is 29.3 Å². The van der Waals surface area contributed by atoms with E-state index < -0.39 is 11.6 Å². The van der Waals surface area contributed by atoms with Gasteiger partial charge in [-0.3, -0.25) is 4.79 Å². The normalized spacial score (nSPS) is 18.5. The van der Waals surface area contributed by atoms with Gasteiger partial charge in [-0.15, -0.1) is 5.10 Å². The number of amidine groups is 1. The van der Waals surface area contributed by atoms with Crippen molar-refractivity contribution in [1.29, 1.82) is 5.53 Å². The minimum Gasteiger partial charge on any atom is -0.383 e. The molecule has 9 nitrogen and oxygen atoms in total. The van der Waals surface area contributed by atoms with E-state index in [2.05, 4.69) is 25.9 Å². The fraction of sp³-hybridized carbons (Fsp3) is 0.348. The Hall–Kier alpha value is -3.73. The summed E-state index contributed by atoms with van der Waals surface area (Å²) in [5.74, 6) is -1.92. The highest BCUT2D eigenvalue weighted by atomic mass is 19.2. The van der Waals surface area contributed by atoms with Crippen LogP contribution in [0.3, 0.4) is 0 Å². The maximum atomic E-state index is 14.2. The lowest BCUT2D eigenvalue weighted by Gasteiger charge is -2.28. The minimum absolute atomic E-state index is 0.0383. The monoisotopic (exact) mass is 468 g/mol. The molecule has 1 aromatic carbocycles. The van der Waals surface area contributed by atoms with Gasteiger partial charge in [0.25, 0.3) is 0 Å². The lowest BCUT2D eigenvalue weighted by molar-refractivity contribution is -0.131. The molecule has 2 aromatic rings. The number of carbonyl (C=O) groups excluding carboxylic acids is 1. The molecule has 5 N–H and O–H groups in total. The second-order valence-electron chi connectivity index (χ2n) is 8.25. The molecule has 1 fully saturated rings. The van der Waals surface area contributed by atoms with Crippen LogP contribution in [0.2, 0.25) is 0 Å². The number of hydrogen-bond donors (Lipinski definition) is 4. The number of halogens is 2. The molecule has 0 unspecified atom stereocenters. The summed E-state index contributed by atoms with van der Waals surface area (Å²) in [5, 5.41) is 12.7. The summed E-state index contributed by atoms with van der Waals surface area (Å²) in [5.41, 5.74) is 15.0. The Labute approximate surface area is 195 Å². The Morgan fingerprint density at radius 1 is 1.38 bits per heavy atom. The second-order valence-corrected chi connectivity index (χ2v) is 8.25. The van der Waals surface area contributed by atoms with E-state index in [1.165, 1.54) is 12.1 Å². The van der Waals surface area contributed by atoms with E-state index >= 15 is 0 Å². The van der Waals surface area contributed by atoms with Crippen LogP contribution in [0.5, 0.6) is 0 Å². The predicted octanol–water partition coefficient (Wildman–Crippen LogP) is 3.50. The number of carbonyl (C=O) groups is 1. The molecule has 178 valence electrons. The average Bonchev–Trinajstić information content (AvgIpc) is 3.35. The molecule has 11 heteroatoms. The summed E-state index contributed by atoms with van der Waals surface area (Å²) in [7, 11) is 0. The Kier molecular flexibility index (Phi) is 7.21. The van der Waals surface area contributed by atoms with Crippen molar-refractivity contribution in [2.45, 2.75) is 31.7 Å². The molecule has 4 rings (SSSR count). The van der Waals surface area contributed by atoms with Gasteiger partial charge in [-0.2, -0.15) is 5.53 Å². The average molecular weight is 469 g/mol. The van der Waals surface area contributed by atoms with Gasteiger partial charge in [0.15, 0.2) is 17.5 Å². The van der Waals surface area contributed by atoms with Crippen LogP contribution in [0.15, 0.2) is 46.9 Å². The lowest BCUT2D eigenvalue weighted by atomic mass is 9.98. The van der Waals surface area contributed by atoms with Gasteiger partial charge in [-0.25, -0.2) is 13.8 Å². The standard InChI is InChI=1S/C23H26F2N8O/c24-18-4-1-5-19(21(18)25)30-23(31-32-27)17-11-15(13-29-22(17)26)14-6-9-33(10-7-14)20(34)12-16-3-2-8-28-16/h1,4-6,11,13,16,28H,2-3,7-10,12H2,(H2,26,29)(H2,27,30,31)/t16-/m0/s1. The van der Waals surface area contributed by atoms with E-state index in [0.717, 1.165) is 36.6 Å². The van der Waals surface area contributed by atoms with Crippen molar-refractivity contribution in [2.75, 3.05) is 30.7 Å². The predicted molar refractivity (Wildman–Crippen MR) is 125 cm³/mol. The van der Waals surface area contributed by atoms with Gasteiger partial charge in [0.05, 0.1) is 11.3 Å². The third-order valence-electron chi connectivity index (χ3n) is 6.04. The maximum Gasteiger partial charge on any atom is 0.224 e. The summed E-state index contributed by atoms with van der Waals surface area (Å²) in [6.45, 7) is 2.05. The number of hydrogen-bond acceptors (Lipinski definition) is 6. The summed E-state index contributed by atoms with van der Waals surface area (Å²) in [6.07, 6.45) is 6.87. The van der Waals surface area contributed by atoms with Gasteiger partial charge >= 0.3 is 0 Å². The minimum atomic E-state index is -1.09. The molecule has 34 heavy (non-hydrogen) atoms. The van der Waals surface area contributed by atoms with Crippen LogP contribution >= 0.6 is 0 Å². The molecule has 0 radical (unpaired) electrons. The van der Waals surface area contributed by atoms with Crippen molar-refractivity contribution in [3.63, 3.8) is 0 Å². The van der Waals surface area contributed by atoms with Crippen molar-refractivity contribution in [3.05, 3.63) is 59.3 Å². The summed E-state index contributed by atoms with van der Waals surface area (Å²) in [4.78, 5) is 18.7. The van der Waals surface area contributed by atoms with Gasteiger partial charge < -0.3 is 21.3 Å². The third-order valence-corrected chi connectivity index (χ3v) is 6.04. The zero-order chi connectivity index (χ0) is 24.1.